The molecule has 1 aliphatic heterocycles. The lowest BCUT2D eigenvalue weighted by Crippen LogP contribution is -2.48. The molecule has 0 bridgehead atoms. The molecule has 1 amide bonds. The number of aliphatic hydroxyl groups is 1. The van der Waals surface area contributed by atoms with E-state index in [2.05, 4.69) is 5.32 Å². The molecule has 4 nitrogen and oxygen atoms in total. The van der Waals surface area contributed by atoms with Gasteiger partial charge in [0.2, 0.25) is 0 Å². The Labute approximate surface area is 189 Å². The molecule has 0 saturated heterocycles. The molecule has 170 valence electrons. The zero-order chi connectivity index (χ0) is 23.1. The highest BCUT2D eigenvalue weighted by molar-refractivity contribution is 6.30. The molecule has 0 radical (unpaired) electrons. The summed E-state index contributed by atoms with van der Waals surface area (Å²) in [6.45, 7) is 0.572. The first-order chi connectivity index (χ1) is 15.1. The number of nitrogens with one attached hydrogen (secondary N) is 1. The van der Waals surface area contributed by atoms with Gasteiger partial charge in [0, 0.05) is 5.02 Å². The topological polar surface area (TPSA) is 58.6 Å². The largest absolute Gasteiger partial charge is 0.509 e. The Bertz CT molecular complexity index is 1060. The van der Waals surface area contributed by atoms with E-state index in [4.69, 9.17) is 16.3 Å². The van der Waals surface area contributed by atoms with Crippen LogP contribution in [0.4, 0.5) is 13.2 Å². The van der Waals surface area contributed by atoms with Crippen LogP contribution in [0.2, 0.25) is 5.02 Å². The predicted octanol–water partition coefficient (Wildman–Crippen LogP) is 5.97. The van der Waals surface area contributed by atoms with Crippen molar-refractivity contribution < 1.29 is 27.8 Å². The lowest BCUT2D eigenvalue weighted by atomic mass is 9.79. The summed E-state index contributed by atoms with van der Waals surface area (Å²) in [5.41, 5.74) is 2.51. The Balaban J connectivity index is 1.60. The first-order valence-electron chi connectivity index (χ1n) is 10.4. The molecular formula is C24H23ClF3NO3. The van der Waals surface area contributed by atoms with Gasteiger partial charge in [-0.3, -0.25) is 4.79 Å². The summed E-state index contributed by atoms with van der Waals surface area (Å²) in [4.78, 5) is 12.9. The van der Waals surface area contributed by atoms with Crippen LogP contribution in [0.25, 0.3) is 16.7 Å². The molecule has 0 atom stereocenters. The van der Waals surface area contributed by atoms with Crippen LogP contribution in [0, 0.1) is 6.92 Å². The normalized spacial score (nSPS) is 23.7. The van der Waals surface area contributed by atoms with Gasteiger partial charge in [0.05, 0.1) is 17.2 Å². The number of hydrogen-bond donors (Lipinski definition) is 2. The summed E-state index contributed by atoms with van der Waals surface area (Å²) in [6.07, 6.45) is -3.67. The van der Waals surface area contributed by atoms with Crippen molar-refractivity contribution in [2.24, 2.45) is 0 Å². The molecule has 1 heterocycles. The van der Waals surface area contributed by atoms with Gasteiger partial charge in [0.1, 0.15) is 12.4 Å². The smallest absolute Gasteiger partial charge is 0.411 e. The zero-order valence-electron chi connectivity index (χ0n) is 17.4. The minimum absolute atomic E-state index is 0.0480. The second kappa shape index (κ2) is 8.45. The molecule has 2 N–H and O–H groups in total. The van der Waals surface area contributed by atoms with Crippen LogP contribution in [0.5, 0.6) is 0 Å². The van der Waals surface area contributed by atoms with Crippen molar-refractivity contribution in [3.05, 3.63) is 64.4 Å². The van der Waals surface area contributed by atoms with E-state index in [1.54, 1.807) is 12.1 Å². The number of amides is 1. The maximum absolute atomic E-state index is 12.9. The monoisotopic (exact) mass is 465 g/mol. The number of carbonyl (C=O) groups is 1. The minimum atomic E-state index is -4.38. The van der Waals surface area contributed by atoms with Crippen LogP contribution in [-0.2, 0) is 9.53 Å². The van der Waals surface area contributed by atoms with Crippen LogP contribution in [0.1, 0.15) is 36.8 Å². The van der Waals surface area contributed by atoms with Crippen molar-refractivity contribution in [3.63, 3.8) is 0 Å². The Morgan fingerprint density at radius 1 is 1.12 bits per heavy atom. The maximum atomic E-state index is 12.9. The summed E-state index contributed by atoms with van der Waals surface area (Å²) >= 11 is 5.97. The molecule has 2 aromatic carbocycles. The second-order valence-corrected chi connectivity index (χ2v) is 8.86. The van der Waals surface area contributed by atoms with Crippen molar-refractivity contribution in [3.8, 4) is 11.1 Å². The fourth-order valence-corrected chi connectivity index (χ4v) is 4.60. The predicted molar refractivity (Wildman–Crippen MR) is 116 cm³/mol. The van der Waals surface area contributed by atoms with Crippen molar-refractivity contribution in [2.45, 2.75) is 50.4 Å². The Morgan fingerprint density at radius 3 is 2.38 bits per heavy atom. The Morgan fingerprint density at radius 2 is 1.75 bits per heavy atom. The number of carbonyl (C=O) groups excluding carboxylic acids is 1. The number of ether oxygens (including phenoxy) is 1. The van der Waals surface area contributed by atoms with Gasteiger partial charge in [0.15, 0.2) is 0 Å². The zero-order valence-corrected chi connectivity index (χ0v) is 18.2. The first-order valence-corrected chi connectivity index (χ1v) is 10.8. The van der Waals surface area contributed by atoms with Gasteiger partial charge in [-0.15, -0.1) is 0 Å². The molecule has 1 aliphatic carbocycles. The highest BCUT2D eigenvalue weighted by Gasteiger charge is 2.48. The fraction of sp³-hybridized carbons (Fsp3) is 0.375. The van der Waals surface area contributed by atoms with Gasteiger partial charge < -0.3 is 15.2 Å². The molecule has 32 heavy (non-hydrogen) atoms. The van der Waals surface area contributed by atoms with Crippen LogP contribution < -0.4 is 5.32 Å². The quantitative estimate of drug-likeness (QED) is 0.584. The van der Waals surface area contributed by atoms with Gasteiger partial charge in [-0.1, -0.05) is 35.9 Å². The summed E-state index contributed by atoms with van der Waals surface area (Å²) in [5, 5.41) is 14.6. The van der Waals surface area contributed by atoms with E-state index in [1.165, 1.54) is 0 Å². The van der Waals surface area contributed by atoms with Gasteiger partial charge in [0.25, 0.3) is 5.91 Å². The lowest BCUT2D eigenvalue weighted by molar-refractivity contribution is -0.188. The summed E-state index contributed by atoms with van der Waals surface area (Å²) in [7, 11) is 0. The van der Waals surface area contributed by atoms with Crippen LogP contribution in [0.3, 0.4) is 0 Å². The third-order valence-corrected chi connectivity index (χ3v) is 6.48. The molecule has 0 unspecified atom stereocenters. The van der Waals surface area contributed by atoms with Crippen LogP contribution >= 0.6 is 11.6 Å². The van der Waals surface area contributed by atoms with Crippen LogP contribution in [-0.4, -0.2) is 35.4 Å². The molecule has 1 fully saturated rings. The summed E-state index contributed by atoms with van der Waals surface area (Å²) < 4.78 is 42.3. The van der Waals surface area contributed by atoms with E-state index in [9.17, 15) is 23.1 Å². The molecule has 1 saturated carbocycles. The van der Waals surface area contributed by atoms with E-state index < -0.39 is 24.4 Å². The molecule has 2 aromatic rings. The maximum Gasteiger partial charge on any atom is 0.411 e. The second-order valence-electron chi connectivity index (χ2n) is 8.42. The highest BCUT2D eigenvalue weighted by Crippen LogP contribution is 2.43. The number of rotatable bonds is 4. The molecule has 0 aromatic heterocycles. The third-order valence-electron chi connectivity index (χ3n) is 6.22. The van der Waals surface area contributed by atoms with E-state index in [0.717, 1.165) is 16.7 Å². The average Bonchev–Trinajstić information content (AvgIpc) is 2.97. The average molecular weight is 466 g/mol. The Hall–Kier alpha value is -2.51. The molecule has 4 rings (SSSR count). The lowest BCUT2D eigenvalue weighted by Gasteiger charge is -2.37. The number of hydrogen-bond acceptors (Lipinski definition) is 3. The Kier molecular flexibility index (Phi) is 5.98. The van der Waals surface area contributed by atoms with Gasteiger partial charge in [-0.25, -0.2) is 0 Å². The standard InChI is InChI=1S/C24H23ClF3NO3/c1-14-2-3-16(15-4-6-17(25)7-5-15)12-19(14)20-21(30)23(29-22(20)31)10-8-18(9-11-23)32-13-24(26,27)28/h2-7,12,18,30H,8-11,13H2,1H3,(H,29,31). The summed E-state index contributed by atoms with van der Waals surface area (Å²) in [6, 6.07) is 13.0. The molecule has 1 spiro atoms. The van der Waals surface area contributed by atoms with E-state index >= 15 is 0 Å². The third kappa shape index (κ3) is 4.50. The van der Waals surface area contributed by atoms with Crippen molar-refractivity contribution in [1.29, 1.82) is 0 Å². The molecular weight excluding hydrogens is 443 g/mol. The fourth-order valence-electron chi connectivity index (χ4n) is 4.47. The minimum Gasteiger partial charge on any atom is -0.509 e. The van der Waals surface area contributed by atoms with E-state index in [-0.39, 0.29) is 17.2 Å². The van der Waals surface area contributed by atoms with Gasteiger partial charge >= 0.3 is 6.18 Å². The molecule has 2 aliphatic rings. The first kappa shape index (κ1) is 22.7. The van der Waals surface area contributed by atoms with Crippen LogP contribution in [0.15, 0.2) is 48.2 Å². The van der Waals surface area contributed by atoms with Gasteiger partial charge in [-0.2, -0.15) is 13.2 Å². The number of aliphatic hydroxyl groups excluding tert-OH is 1. The van der Waals surface area contributed by atoms with E-state index in [1.807, 2.05) is 37.3 Å². The number of benzene rings is 2. The van der Waals surface area contributed by atoms with Gasteiger partial charge in [-0.05, 0) is 73.1 Å². The van der Waals surface area contributed by atoms with E-state index in [0.29, 0.717) is 36.3 Å². The number of halogens is 4. The highest BCUT2D eigenvalue weighted by atomic mass is 35.5. The van der Waals surface area contributed by atoms with Crippen molar-refractivity contribution >= 4 is 23.1 Å². The molecule has 8 heteroatoms. The van der Waals surface area contributed by atoms with Crippen molar-refractivity contribution in [2.75, 3.05) is 6.61 Å². The SMILES string of the molecule is Cc1ccc(-c2ccc(Cl)cc2)cc1C1=C(O)C2(CCC(OCC(F)(F)F)CC2)NC1=O. The van der Waals surface area contributed by atoms with Crippen molar-refractivity contribution in [1.82, 2.24) is 5.32 Å². The number of alkyl halides is 3. The number of aryl methyl sites for hydroxylation is 1. The summed E-state index contributed by atoms with van der Waals surface area (Å²) in [5.74, 6) is -0.429.